The summed E-state index contributed by atoms with van der Waals surface area (Å²) in [5, 5.41) is 7.76. The van der Waals surface area contributed by atoms with Crippen molar-refractivity contribution in [1.29, 1.82) is 0 Å². The SMILES string of the molecule is CN=c1scc(-c2ccccc2)n1N=Cc1ccc(Cl)cc1Cl. The Kier molecular flexibility index (Phi) is 4.96. The molecule has 116 valence electrons. The van der Waals surface area contributed by atoms with E-state index in [9.17, 15) is 0 Å². The number of halogens is 2. The van der Waals surface area contributed by atoms with Crippen LogP contribution in [-0.2, 0) is 0 Å². The van der Waals surface area contributed by atoms with Crippen LogP contribution in [0, 0.1) is 0 Å². The zero-order valence-electron chi connectivity index (χ0n) is 12.3. The third-order valence-electron chi connectivity index (χ3n) is 3.22. The Hall–Kier alpha value is -1.88. The average molecular weight is 362 g/mol. The molecule has 0 saturated carbocycles. The minimum Gasteiger partial charge on any atom is -0.261 e. The second-order valence-electron chi connectivity index (χ2n) is 4.72. The normalized spacial score (nSPS) is 12.2. The first-order valence-electron chi connectivity index (χ1n) is 6.87. The van der Waals surface area contributed by atoms with Crippen molar-refractivity contribution < 1.29 is 0 Å². The van der Waals surface area contributed by atoms with Crippen molar-refractivity contribution in [3.8, 4) is 11.3 Å². The maximum Gasteiger partial charge on any atom is 0.205 e. The molecule has 1 heterocycles. The van der Waals surface area contributed by atoms with Crippen molar-refractivity contribution in [1.82, 2.24) is 4.68 Å². The molecule has 0 bridgehead atoms. The molecule has 3 rings (SSSR count). The van der Waals surface area contributed by atoms with Crippen LogP contribution >= 0.6 is 34.5 Å². The summed E-state index contributed by atoms with van der Waals surface area (Å²) in [4.78, 5) is 5.09. The lowest BCUT2D eigenvalue weighted by Gasteiger charge is -2.03. The quantitative estimate of drug-likeness (QED) is 0.591. The number of aromatic nitrogens is 1. The molecule has 0 radical (unpaired) electrons. The summed E-state index contributed by atoms with van der Waals surface area (Å²) in [5.41, 5.74) is 2.87. The van der Waals surface area contributed by atoms with E-state index in [0.29, 0.717) is 10.0 Å². The van der Waals surface area contributed by atoms with E-state index in [2.05, 4.69) is 10.1 Å². The Bertz CT molecular complexity index is 911. The van der Waals surface area contributed by atoms with Gasteiger partial charge in [-0.2, -0.15) is 5.10 Å². The molecule has 0 aliphatic rings. The van der Waals surface area contributed by atoms with Crippen molar-refractivity contribution in [2.75, 3.05) is 7.05 Å². The summed E-state index contributed by atoms with van der Waals surface area (Å²) in [6, 6.07) is 15.4. The Morgan fingerprint density at radius 1 is 1.09 bits per heavy atom. The molecule has 1 aromatic heterocycles. The second kappa shape index (κ2) is 7.13. The van der Waals surface area contributed by atoms with Gasteiger partial charge in [0.25, 0.3) is 0 Å². The first kappa shape index (κ1) is 16.0. The van der Waals surface area contributed by atoms with Crippen LogP contribution in [0.1, 0.15) is 5.56 Å². The van der Waals surface area contributed by atoms with E-state index < -0.39 is 0 Å². The lowest BCUT2D eigenvalue weighted by atomic mass is 10.2. The van der Waals surface area contributed by atoms with E-state index in [1.165, 1.54) is 0 Å². The van der Waals surface area contributed by atoms with E-state index in [4.69, 9.17) is 23.2 Å². The molecule has 0 N–H and O–H groups in total. The molecule has 0 aliphatic heterocycles. The summed E-state index contributed by atoms with van der Waals surface area (Å²) >= 11 is 13.7. The molecule has 0 fully saturated rings. The van der Waals surface area contributed by atoms with Gasteiger partial charge in [0.1, 0.15) is 0 Å². The standard InChI is InChI=1S/C17H13Cl2N3S/c1-20-17-22(16(11-23-17)12-5-3-2-4-6-12)21-10-13-7-8-14(18)9-15(13)19/h2-11H,1H3. The van der Waals surface area contributed by atoms with Gasteiger partial charge in [0.2, 0.25) is 4.80 Å². The van der Waals surface area contributed by atoms with Gasteiger partial charge in [-0.15, -0.1) is 11.3 Å². The summed E-state index contributed by atoms with van der Waals surface area (Å²) in [6.07, 6.45) is 1.71. The number of nitrogens with zero attached hydrogens (tertiary/aromatic N) is 3. The van der Waals surface area contributed by atoms with Gasteiger partial charge < -0.3 is 0 Å². The second-order valence-corrected chi connectivity index (χ2v) is 6.40. The molecule has 3 nitrogen and oxygen atoms in total. The highest BCUT2D eigenvalue weighted by Gasteiger charge is 2.06. The van der Waals surface area contributed by atoms with Crippen LogP contribution in [0.4, 0.5) is 0 Å². The third-order valence-corrected chi connectivity index (χ3v) is 4.69. The Morgan fingerprint density at radius 2 is 1.87 bits per heavy atom. The highest BCUT2D eigenvalue weighted by molar-refractivity contribution is 7.07. The maximum absolute atomic E-state index is 6.19. The van der Waals surface area contributed by atoms with Gasteiger partial charge in [-0.05, 0) is 12.1 Å². The van der Waals surface area contributed by atoms with Crippen LogP contribution in [0.3, 0.4) is 0 Å². The maximum atomic E-state index is 6.19. The number of benzene rings is 2. The van der Waals surface area contributed by atoms with Crippen molar-refractivity contribution >= 4 is 40.8 Å². The monoisotopic (exact) mass is 361 g/mol. The predicted octanol–water partition coefficient (Wildman–Crippen LogP) is 4.94. The van der Waals surface area contributed by atoms with Gasteiger partial charge in [0.05, 0.1) is 16.9 Å². The van der Waals surface area contributed by atoms with Crippen molar-refractivity contribution in [3.63, 3.8) is 0 Å². The highest BCUT2D eigenvalue weighted by Crippen LogP contribution is 2.21. The largest absolute Gasteiger partial charge is 0.261 e. The molecule has 0 amide bonds. The van der Waals surface area contributed by atoms with Gasteiger partial charge in [-0.3, -0.25) is 4.99 Å². The summed E-state index contributed by atoms with van der Waals surface area (Å²) in [7, 11) is 1.75. The Labute approximate surface area is 148 Å². The fourth-order valence-electron chi connectivity index (χ4n) is 2.10. The van der Waals surface area contributed by atoms with E-state index >= 15 is 0 Å². The van der Waals surface area contributed by atoms with Gasteiger partial charge in [0.15, 0.2) is 0 Å². The molecule has 0 atom stereocenters. The minimum absolute atomic E-state index is 0.563. The summed E-state index contributed by atoms with van der Waals surface area (Å²) < 4.78 is 1.81. The molecular formula is C17H13Cl2N3S. The predicted molar refractivity (Wildman–Crippen MR) is 98.7 cm³/mol. The zero-order valence-corrected chi connectivity index (χ0v) is 14.6. The highest BCUT2D eigenvalue weighted by atomic mass is 35.5. The molecule has 3 aromatic rings. The molecule has 0 unspecified atom stereocenters. The van der Waals surface area contributed by atoms with E-state index in [-0.39, 0.29) is 0 Å². The smallest absolute Gasteiger partial charge is 0.205 e. The lowest BCUT2D eigenvalue weighted by Crippen LogP contribution is -2.11. The molecule has 2 aromatic carbocycles. The van der Waals surface area contributed by atoms with E-state index in [0.717, 1.165) is 21.6 Å². The molecule has 23 heavy (non-hydrogen) atoms. The summed E-state index contributed by atoms with van der Waals surface area (Å²) in [6.45, 7) is 0. The van der Waals surface area contributed by atoms with Crippen molar-refractivity contribution in [2.45, 2.75) is 0 Å². The van der Waals surface area contributed by atoms with Crippen molar-refractivity contribution in [3.05, 3.63) is 74.3 Å². The number of thiazole rings is 1. The lowest BCUT2D eigenvalue weighted by molar-refractivity contribution is 0.848. The summed E-state index contributed by atoms with van der Waals surface area (Å²) in [5.74, 6) is 0. The van der Waals surface area contributed by atoms with E-state index in [1.54, 1.807) is 36.7 Å². The third kappa shape index (κ3) is 3.55. The molecular weight excluding hydrogens is 349 g/mol. The van der Waals surface area contributed by atoms with Crippen LogP contribution in [0.25, 0.3) is 11.3 Å². The topological polar surface area (TPSA) is 29.6 Å². The van der Waals surface area contributed by atoms with Crippen LogP contribution in [-0.4, -0.2) is 17.9 Å². The molecule has 0 spiro atoms. The van der Waals surface area contributed by atoms with Crippen LogP contribution in [0.2, 0.25) is 10.0 Å². The Morgan fingerprint density at radius 3 is 2.57 bits per heavy atom. The fraction of sp³-hybridized carbons (Fsp3) is 0.0588. The van der Waals surface area contributed by atoms with Crippen molar-refractivity contribution in [2.24, 2.45) is 10.1 Å². The van der Waals surface area contributed by atoms with Gasteiger partial charge >= 0.3 is 0 Å². The Balaban J connectivity index is 2.06. The zero-order chi connectivity index (χ0) is 16.2. The molecule has 0 aliphatic carbocycles. The van der Waals surface area contributed by atoms with Crippen LogP contribution < -0.4 is 4.80 Å². The van der Waals surface area contributed by atoms with Crippen LogP contribution in [0.5, 0.6) is 0 Å². The number of hydrogen-bond acceptors (Lipinski definition) is 3. The van der Waals surface area contributed by atoms with Crippen LogP contribution in [0.15, 0.2) is 64.0 Å². The van der Waals surface area contributed by atoms with E-state index in [1.807, 2.05) is 46.5 Å². The van der Waals surface area contributed by atoms with Gasteiger partial charge in [0, 0.05) is 28.6 Å². The molecule has 6 heteroatoms. The number of rotatable bonds is 3. The minimum atomic E-state index is 0.563. The first-order chi connectivity index (χ1) is 11.2. The average Bonchev–Trinajstić information content (AvgIpc) is 2.98. The molecule has 0 saturated heterocycles. The number of hydrogen-bond donors (Lipinski definition) is 0. The fourth-order valence-corrected chi connectivity index (χ4v) is 3.36. The van der Waals surface area contributed by atoms with Gasteiger partial charge in [-0.1, -0.05) is 59.6 Å². The first-order valence-corrected chi connectivity index (χ1v) is 8.51. The van der Waals surface area contributed by atoms with Gasteiger partial charge in [-0.25, -0.2) is 4.68 Å².